The van der Waals surface area contributed by atoms with E-state index in [0.29, 0.717) is 16.7 Å². The Hall–Kier alpha value is -4.19. The molecule has 0 radical (unpaired) electrons. The number of nitrogens with two attached hydrogens (primary N) is 1. The Bertz CT molecular complexity index is 1420. The molecule has 0 fully saturated rings. The third-order valence-corrected chi connectivity index (χ3v) is 5.52. The molecule has 0 bridgehead atoms. The van der Waals surface area contributed by atoms with Crippen molar-refractivity contribution in [1.82, 2.24) is 14.5 Å². The lowest BCUT2D eigenvalue weighted by molar-refractivity contribution is 0.0476. The van der Waals surface area contributed by atoms with Gasteiger partial charge < -0.3 is 10.5 Å². The number of fused-ring (bicyclic) bond motifs is 2. The van der Waals surface area contributed by atoms with Crippen molar-refractivity contribution in [2.75, 3.05) is 5.73 Å². The lowest BCUT2D eigenvalue weighted by atomic mass is 10.1. The summed E-state index contributed by atoms with van der Waals surface area (Å²) in [6.07, 6.45) is 0.934. The van der Waals surface area contributed by atoms with Gasteiger partial charge in [-0.1, -0.05) is 61.5 Å². The number of ether oxygens (including phenoxy) is 1. The third-order valence-electron chi connectivity index (χ3n) is 5.52. The van der Waals surface area contributed by atoms with Crippen molar-refractivity contribution in [1.29, 1.82) is 0 Å². The summed E-state index contributed by atoms with van der Waals surface area (Å²) in [6.45, 7) is 2.25. The summed E-state index contributed by atoms with van der Waals surface area (Å²) in [4.78, 5) is 22.7. The minimum Gasteiger partial charge on any atom is -0.457 e. The van der Waals surface area contributed by atoms with E-state index in [0.717, 1.165) is 23.2 Å². The number of anilines is 1. The molecule has 2 aromatic heterocycles. The average molecular weight is 422 g/mol. The molecule has 0 spiro atoms. The van der Waals surface area contributed by atoms with E-state index in [1.54, 1.807) is 4.57 Å². The normalized spacial score (nSPS) is 11.2. The molecule has 0 saturated carbocycles. The number of esters is 1. The fourth-order valence-electron chi connectivity index (χ4n) is 3.80. The molecule has 32 heavy (non-hydrogen) atoms. The van der Waals surface area contributed by atoms with Crippen molar-refractivity contribution in [3.05, 3.63) is 95.6 Å². The molecule has 0 aliphatic carbocycles. The van der Waals surface area contributed by atoms with Gasteiger partial charge in [0.25, 0.3) is 0 Å². The molecular formula is C26H22N4O2. The van der Waals surface area contributed by atoms with Crippen LogP contribution >= 0.6 is 0 Å². The average Bonchev–Trinajstić information content (AvgIpc) is 3.12. The standard InChI is InChI=1S/C26H22N4O2/c1-2-17-12-14-19(15-13-17)30-24(27)22(26(31)32-16-18-8-4-3-5-9-18)23-25(30)29-21-11-7-6-10-20(21)28-23/h3-15H,2,16,27H2,1H3. The van der Waals surface area contributed by atoms with Gasteiger partial charge in [0.05, 0.1) is 11.0 Å². The number of benzene rings is 3. The fourth-order valence-corrected chi connectivity index (χ4v) is 3.80. The van der Waals surface area contributed by atoms with Crippen molar-refractivity contribution < 1.29 is 9.53 Å². The van der Waals surface area contributed by atoms with Gasteiger partial charge >= 0.3 is 5.97 Å². The number of hydrogen-bond acceptors (Lipinski definition) is 5. The Kier molecular flexibility index (Phi) is 5.03. The highest BCUT2D eigenvalue weighted by Crippen LogP contribution is 2.31. The van der Waals surface area contributed by atoms with Gasteiger partial charge in [-0.15, -0.1) is 0 Å². The summed E-state index contributed by atoms with van der Waals surface area (Å²) >= 11 is 0. The number of carbonyl (C=O) groups is 1. The first-order valence-corrected chi connectivity index (χ1v) is 10.5. The molecule has 0 unspecified atom stereocenters. The zero-order valence-electron chi connectivity index (χ0n) is 17.7. The van der Waals surface area contributed by atoms with Gasteiger partial charge in [0.2, 0.25) is 0 Å². The monoisotopic (exact) mass is 422 g/mol. The highest BCUT2D eigenvalue weighted by Gasteiger charge is 2.26. The Morgan fingerprint density at radius 1 is 0.875 bits per heavy atom. The molecule has 3 aromatic carbocycles. The van der Waals surface area contributed by atoms with E-state index in [4.69, 9.17) is 20.4 Å². The molecule has 0 aliphatic heterocycles. The van der Waals surface area contributed by atoms with E-state index in [-0.39, 0.29) is 18.0 Å². The van der Waals surface area contributed by atoms with E-state index in [1.165, 1.54) is 5.56 Å². The summed E-state index contributed by atoms with van der Waals surface area (Å²) < 4.78 is 7.37. The molecule has 0 atom stereocenters. The quantitative estimate of drug-likeness (QED) is 0.400. The number of carbonyl (C=O) groups excluding carboxylic acids is 1. The molecule has 0 saturated heterocycles. The molecule has 0 amide bonds. The van der Waals surface area contributed by atoms with Crippen LogP contribution in [0.2, 0.25) is 0 Å². The van der Waals surface area contributed by atoms with Crippen LogP contribution in [0.25, 0.3) is 27.9 Å². The first kappa shape index (κ1) is 19.8. The van der Waals surface area contributed by atoms with Crippen LogP contribution in [0.1, 0.15) is 28.4 Å². The molecule has 158 valence electrons. The van der Waals surface area contributed by atoms with Crippen LogP contribution in [0.15, 0.2) is 78.9 Å². The lowest BCUT2D eigenvalue weighted by Gasteiger charge is -2.09. The molecule has 6 nitrogen and oxygen atoms in total. The van der Waals surface area contributed by atoms with Crippen LogP contribution in [0.3, 0.4) is 0 Å². The zero-order valence-corrected chi connectivity index (χ0v) is 17.7. The van der Waals surface area contributed by atoms with Crippen molar-refractivity contribution in [3.8, 4) is 5.69 Å². The lowest BCUT2D eigenvalue weighted by Crippen LogP contribution is -2.09. The van der Waals surface area contributed by atoms with E-state index in [2.05, 4.69) is 6.92 Å². The maximum atomic E-state index is 13.2. The second-order valence-electron chi connectivity index (χ2n) is 7.56. The molecule has 0 aliphatic rings. The molecule has 5 aromatic rings. The van der Waals surface area contributed by atoms with Crippen molar-refractivity contribution in [2.45, 2.75) is 20.0 Å². The molecule has 5 rings (SSSR count). The summed E-state index contributed by atoms with van der Waals surface area (Å²) in [6, 6.07) is 25.1. The van der Waals surface area contributed by atoms with Gasteiger partial charge in [0, 0.05) is 5.69 Å². The maximum Gasteiger partial charge on any atom is 0.344 e. The second kappa shape index (κ2) is 8.15. The second-order valence-corrected chi connectivity index (χ2v) is 7.56. The number of nitrogens with zero attached hydrogens (tertiary/aromatic N) is 3. The predicted octanol–water partition coefficient (Wildman–Crippen LogP) is 5.08. The SMILES string of the molecule is CCc1ccc(-n2c(N)c(C(=O)OCc3ccccc3)c3nc4ccccc4nc32)cc1. The first-order chi connectivity index (χ1) is 15.7. The van der Waals surface area contributed by atoms with Gasteiger partial charge in [0.15, 0.2) is 5.65 Å². The number of rotatable bonds is 5. The number of aryl methyl sites for hydroxylation is 1. The van der Waals surface area contributed by atoms with Gasteiger partial charge in [-0.3, -0.25) is 4.57 Å². The van der Waals surface area contributed by atoms with Crippen LogP contribution in [-0.2, 0) is 17.8 Å². The van der Waals surface area contributed by atoms with Crippen LogP contribution in [0.4, 0.5) is 5.82 Å². The largest absolute Gasteiger partial charge is 0.457 e. The highest BCUT2D eigenvalue weighted by molar-refractivity contribution is 6.09. The number of nitrogen functional groups attached to an aromatic ring is 1. The van der Waals surface area contributed by atoms with Crippen molar-refractivity contribution in [3.63, 3.8) is 0 Å². The first-order valence-electron chi connectivity index (χ1n) is 10.5. The van der Waals surface area contributed by atoms with Crippen molar-refractivity contribution >= 4 is 34.0 Å². The molecule has 2 N–H and O–H groups in total. The Morgan fingerprint density at radius 2 is 1.53 bits per heavy atom. The topological polar surface area (TPSA) is 83.0 Å². The summed E-state index contributed by atoms with van der Waals surface area (Å²) in [5.41, 5.74) is 12.1. The third kappa shape index (κ3) is 3.46. The number of hydrogen-bond donors (Lipinski definition) is 1. The fraction of sp³-hybridized carbons (Fsp3) is 0.115. The maximum absolute atomic E-state index is 13.2. The Balaban J connectivity index is 1.66. The Labute approximate surface area is 185 Å². The van der Waals surface area contributed by atoms with Crippen LogP contribution in [0, 0.1) is 0 Å². The summed E-state index contributed by atoms with van der Waals surface area (Å²) in [5.74, 6) is -0.262. The smallest absolute Gasteiger partial charge is 0.344 e. The summed E-state index contributed by atoms with van der Waals surface area (Å²) in [7, 11) is 0. The van der Waals surface area contributed by atoms with E-state index in [9.17, 15) is 4.79 Å². The minimum absolute atomic E-state index is 0.151. The molecule has 2 heterocycles. The molecule has 6 heteroatoms. The number of para-hydroxylation sites is 2. The van der Waals surface area contributed by atoms with Crippen LogP contribution < -0.4 is 5.73 Å². The van der Waals surface area contributed by atoms with E-state index >= 15 is 0 Å². The number of aromatic nitrogens is 3. The van der Waals surface area contributed by atoms with Crippen molar-refractivity contribution in [2.24, 2.45) is 0 Å². The van der Waals surface area contributed by atoms with Gasteiger partial charge in [-0.05, 0) is 41.8 Å². The highest BCUT2D eigenvalue weighted by atomic mass is 16.5. The summed E-state index contributed by atoms with van der Waals surface area (Å²) in [5, 5.41) is 0. The van der Waals surface area contributed by atoms with E-state index in [1.807, 2.05) is 78.9 Å². The Morgan fingerprint density at radius 3 is 2.22 bits per heavy atom. The minimum atomic E-state index is -0.523. The van der Waals surface area contributed by atoms with E-state index < -0.39 is 5.97 Å². The van der Waals surface area contributed by atoms with Gasteiger partial charge in [0.1, 0.15) is 23.5 Å². The van der Waals surface area contributed by atoms with Gasteiger partial charge in [-0.25, -0.2) is 14.8 Å². The molecular weight excluding hydrogens is 400 g/mol. The predicted molar refractivity (Wildman–Crippen MR) is 126 cm³/mol. The van der Waals surface area contributed by atoms with Crippen LogP contribution in [-0.4, -0.2) is 20.5 Å². The van der Waals surface area contributed by atoms with Crippen LogP contribution in [0.5, 0.6) is 0 Å². The van der Waals surface area contributed by atoms with Gasteiger partial charge in [-0.2, -0.15) is 0 Å². The zero-order chi connectivity index (χ0) is 22.1.